The van der Waals surface area contributed by atoms with Gasteiger partial charge < -0.3 is 14.7 Å². The summed E-state index contributed by atoms with van der Waals surface area (Å²) in [7, 11) is 1.67. The van der Waals surface area contributed by atoms with Gasteiger partial charge in [0, 0.05) is 50.7 Å². The minimum Gasteiger partial charge on any atom is -0.365 e. The van der Waals surface area contributed by atoms with Crippen molar-refractivity contribution in [2.75, 3.05) is 33.2 Å². The highest BCUT2D eigenvalue weighted by Gasteiger charge is 2.48. The molecule has 0 radical (unpaired) electrons. The van der Waals surface area contributed by atoms with Gasteiger partial charge in [0.25, 0.3) is 5.91 Å². The molecule has 2 fully saturated rings. The van der Waals surface area contributed by atoms with E-state index in [4.69, 9.17) is 23.2 Å². The summed E-state index contributed by atoms with van der Waals surface area (Å²) in [5.74, 6) is -0.705. The van der Waals surface area contributed by atoms with Crippen molar-refractivity contribution in [1.82, 2.24) is 14.7 Å². The highest BCUT2D eigenvalue weighted by Crippen LogP contribution is 2.40. The van der Waals surface area contributed by atoms with Gasteiger partial charge in [-0.25, -0.2) is 0 Å². The molecule has 31 heavy (non-hydrogen) atoms. The number of hydrogen-bond donors (Lipinski definition) is 0. The number of likely N-dealkylation sites (N-methyl/N-ethyl adjacent to an activating group) is 1. The molecule has 1 aliphatic carbocycles. The monoisotopic (exact) mass is 466 g/mol. The molecule has 8 nitrogen and oxygen atoms in total. The Morgan fingerprint density at radius 1 is 1.10 bits per heavy atom. The van der Waals surface area contributed by atoms with E-state index in [2.05, 4.69) is 0 Å². The Labute approximate surface area is 190 Å². The first-order chi connectivity index (χ1) is 14.8. The second-order valence-electron chi connectivity index (χ2n) is 8.27. The van der Waals surface area contributed by atoms with Crippen molar-refractivity contribution in [3.05, 3.63) is 55.3 Å². The molecule has 4 rings (SSSR count). The Balaban J connectivity index is 1.56. The van der Waals surface area contributed by atoms with E-state index < -0.39 is 10.8 Å². The number of piperazine rings is 1. The first kappa shape index (κ1) is 21.9. The van der Waals surface area contributed by atoms with Crippen LogP contribution < -0.4 is 0 Å². The van der Waals surface area contributed by atoms with Crippen LogP contribution in [0.4, 0.5) is 0 Å². The van der Waals surface area contributed by atoms with Crippen LogP contribution in [0.25, 0.3) is 0 Å². The van der Waals surface area contributed by atoms with Gasteiger partial charge in [-0.05, 0) is 31.0 Å². The Bertz CT molecular complexity index is 959. The summed E-state index contributed by atoms with van der Waals surface area (Å²) in [4.78, 5) is 42.2. The molecule has 1 saturated carbocycles. The predicted octanol–water partition coefficient (Wildman–Crippen LogP) is 3.27. The molecule has 2 atom stereocenters. The third kappa shape index (κ3) is 3.99. The van der Waals surface area contributed by atoms with Gasteiger partial charge >= 0.3 is 11.6 Å². The topological polar surface area (TPSA) is 87.0 Å². The standard InChI is InChI=1S/C21H24Cl2N4O4/c1-24-17-5-3-2-4-14(17)18(19(21(24)29)27(30)31)25-8-10-26(11-9-25)20(28)13-6-7-15(22)16(23)12-13/h6-7,12,14,17H,2-5,8-11H2,1H3. The van der Waals surface area contributed by atoms with E-state index in [0.29, 0.717) is 47.5 Å². The fourth-order valence-electron chi connectivity index (χ4n) is 5.01. The molecule has 0 N–H and O–H groups in total. The largest absolute Gasteiger partial charge is 0.365 e. The second-order valence-corrected chi connectivity index (χ2v) is 9.09. The summed E-state index contributed by atoms with van der Waals surface area (Å²) in [6.07, 6.45) is 3.70. The van der Waals surface area contributed by atoms with E-state index in [1.807, 2.05) is 4.90 Å². The zero-order valence-electron chi connectivity index (χ0n) is 17.2. The van der Waals surface area contributed by atoms with Gasteiger partial charge in [-0.1, -0.05) is 36.0 Å². The SMILES string of the molecule is CN1C(=O)C([N+](=O)[O-])=C(N2CCN(C(=O)c3ccc(Cl)c(Cl)c3)CC2)C2CCCCC21. The summed E-state index contributed by atoms with van der Waals surface area (Å²) in [5.41, 5.74) is 0.698. The van der Waals surface area contributed by atoms with Crippen molar-refractivity contribution < 1.29 is 14.5 Å². The van der Waals surface area contributed by atoms with Crippen LogP contribution in [0.2, 0.25) is 10.0 Å². The van der Waals surface area contributed by atoms with Gasteiger partial charge in [0.05, 0.1) is 15.0 Å². The predicted molar refractivity (Wildman–Crippen MR) is 116 cm³/mol. The van der Waals surface area contributed by atoms with Crippen molar-refractivity contribution in [2.45, 2.75) is 31.7 Å². The van der Waals surface area contributed by atoms with Crippen molar-refractivity contribution in [2.24, 2.45) is 5.92 Å². The molecule has 1 saturated heterocycles. The summed E-state index contributed by atoms with van der Waals surface area (Å²) < 4.78 is 0. The zero-order chi connectivity index (χ0) is 22.3. The first-order valence-electron chi connectivity index (χ1n) is 10.4. The molecule has 0 bridgehead atoms. The number of hydrogen-bond acceptors (Lipinski definition) is 5. The Hall–Kier alpha value is -2.32. The van der Waals surface area contributed by atoms with Crippen molar-refractivity contribution >= 4 is 35.0 Å². The molecule has 2 unspecified atom stereocenters. The van der Waals surface area contributed by atoms with Gasteiger partial charge in [0.2, 0.25) is 0 Å². The Morgan fingerprint density at radius 3 is 2.42 bits per heavy atom. The number of benzene rings is 1. The molecule has 2 amide bonds. The molecule has 1 aromatic rings. The van der Waals surface area contributed by atoms with E-state index in [9.17, 15) is 19.7 Å². The molecule has 3 aliphatic rings. The molecule has 2 aliphatic heterocycles. The van der Waals surface area contributed by atoms with Crippen LogP contribution >= 0.6 is 23.2 Å². The van der Waals surface area contributed by atoms with Crippen LogP contribution in [0, 0.1) is 16.0 Å². The number of rotatable bonds is 3. The lowest BCUT2D eigenvalue weighted by Gasteiger charge is -2.46. The summed E-state index contributed by atoms with van der Waals surface area (Å²) in [6.45, 7) is 1.71. The zero-order valence-corrected chi connectivity index (χ0v) is 18.7. The number of carbonyl (C=O) groups is 2. The smallest absolute Gasteiger partial charge is 0.352 e. The van der Waals surface area contributed by atoms with Crippen LogP contribution in [0.1, 0.15) is 36.0 Å². The Morgan fingerprint density at radius 2 is 1.77 bits per heavy atom. The van der Waals surface area contributed by atoms with Crippen LogP contribution in [0.5, 0.6) is 0 Å². The van der Waals surface area contributed by atoms with E-state index in [0.717, 1.165) is 25.7 Å². The molecule has 0 aromatic heterocycles. The first-order valence-corrected chi connectivity index (χ1v) is 11.2. The maximum Gasteiger partial charge on any atom is 0.352 e. The lowest BCUT2D eigenvalue weighted by molar-refractivity contribution is -0.424. The van der Waals surface area contributed by atoms with E-state index in [1.54, 1.807) is 35.0 Å². The number of halogens is 2. The number of fused-ring (bicyclic) bond motifs is 1. The minimum atomic E-state index is -0.535. The van der Waals surface area contributed by atoms with E-state index in [-0.39, 0.29) is 23.6 Å². The fraction of sp³-hybridized carbons (Fsp3) is 0.524. The third-order valence-electron chi connectivity index (χ3n) is 6.60. The number of nitro groups is 1. The minimum absolute atomic E-state index is 0.00387. The fourth-order valence-corrected chi connectivity index (χ4v) is 5.31. The van der Waals surface area contributed by atoms with Crippen LogP contribution in [0.15, 0.2) is 29.6 Å². The van der Waals surface area contributed by atoms with Crippen LogP contribution in [0.3, 0.4) is 0 Å². The molecule has 1 aromatic carbocycles. The summed E-state index contributed by atoms with van der Waals surface area (Å²) in [6, 6.07) is 4.78. The van der Waals surface area contributed by atoms with Crippen LogP contribution in [-0.4, -0.2) is 70.7 Å². The lowest BCUT2D eigenvalue weighted by Crippen LogP contribution is -2.56. The molecule has 166 valence electrons. The average molecular weight is 467 g/mol. The van der Waals surface area contributed by atoms with Crippen molar-refractivity contribution in [3.63, 3.8) is 0 Å². The van der Waals surface area contributed by atoms with Crippen LogP contribution in [-0.2, 0) is 4.79 Å². The van der Waals surface area contributed by atoms with Gasteiger partial charge in [0.15, 0.2) is 0 Å². The maximum atomic E-state index is 12.9. The van der Waals surface area contributed by atoms with Gasteiger partial charge in [-0.3, -0.25) is 19.7 Å². The summed E-state index contributed by atoms with van der Waals surface area (Å²) in [5, 5.41) is 12.5. The maximum absolute atomic E-state index is 12.9. The van der Waals surface area contributed by atoms with E-state index >= 15 is 0 Å². The third-order valence-corrected chi connectivity index (χ3v) is 7.34. The second kappa shape index (κ2) is 8.67. The molecular formula is C21H24Cl2N4O4. The number of amides is 2. The van der Waals surface area contributed by atoms with Gasteiger partial charge in [0.1, 0.15) is 5.70 Å². The van der Waals surface area contributed by atoms with Crippen molar-refractivity contribution in [1.29, 1.82) is 0 Å². The lowest BCUT2D eigenvalue weighted by atomic mass is 9.78. The molecule has 2 heterocycles. The summed E-state index contributed by atoms with van der Waals surface area (Å²) >= 11 is 12.0. The van der Waals surface area contributed by atoms with Gasteiger partial charge in [-0.15, -0.1) is 0 Å². The van der Waals surface area contributed by atoms with Gasteiger partial charge in [-0.2, -0.15) is 0 Å². The molecule has 10 heteroatoms. The number of nitrogens with zero attached hydrogens (tertiary/aromatic N) is 4. The van der Waals surface area contributed by atoms with Crippen molar-refractivity contribution in [3.8, 4) is 0 Å². The Kier molecular flexibility index (Phi) is 6.12. The quantitative estimate of drug-likeness (QED) is 0.503. The molecular weight excluding hydrogens is 443 g/mol. The van der Waals surface area contributed by atoms with E-state index in [1.165, 1.54) is 0 Å². The highest BCUT2D eigenvalue weighted by atomic mass is 35.5. The average Bonchev–Trinajstić information content (AvgIpc) is 2.77. The number of carbonyl (C=O) groups excluding carboxylic acids is 2. The molecule has 0 spiro atoms. The highest BCUT2D eigenvalue weighted by molar-refractivity contribution is 6.42. The normalized spacial score (nSPS) is 24.4.